The number of aryl methyl sites for hydroxylation is 2. The zero-order chi connectivity index (χ0) is 14.9. The van der Waals surface area contributed by atoms with E-state index in [1.54, 1.807) is 0 Å². The van der Waals surface area contributed by atoms with Crippen molar-refractivity contribution in [2.45, 2.75) is 65.8 Å². The van der Waals surface area contributed by atoms with Gasteiger partial charge in [0.25, 0.3) is 0 Å². The molecule has 21 heavy (non-hydrogen) atoms. The Hall–Kier alpha value is -0.830. The van der Waals surface area contributed by atoms with Crippen LogP contribution < -0.4 is 5.32 Å². The van der Waals surface area contributed by atoms with E-state index in [4.69, 9.17) is 5.10 Å². The molecule has 2 aliphatic rings. The maximum absolute atomic E-state index is 4.74. The van der Waals surface area contributed by atoms with Crippen molar-refractivity contribution in [3.05, 3.63) is 17.5 Å². The van der Waals surface area contributed by atoms with Gasteiger partial charge in [0.1, 0.15) is 0 Å². The molecule has 118 valence electrons. The normalized spacial score (nSPS) is 30.6. The molecule has 2 fully saturated rings. The van der Waals surface area contributed by atoms with Gasteiger partial charge in [0, 0.05) is 18.8 Å². The van der Waals surface area contributed by atoms with E-state index in [-0.39, 0.29) is 0 Å². The fourth-order valence-electron chi connectivity index (χ4n) is 4.38. The van der Waals surface area contributed by atoms with E-state index in [1.165, 1.54) is 50.0 Å². The van der Waals surface area contributed by atoms with Crippen LogP contribution in [0.1, 0.15) is 57.8 Å². The van der Waals surface area contributed by atoms with Crippen LogP contribution >= 0.6 is 0 Å². The highest BCUT2D eigenvalue weighted by molar-refractivity contribution is 5.16. The highest BCUT2D eigenvalue weighted by Gasteiger charge is 2.53. The van der Waals surface area contributed by atoms with Crippen LogP contribution in [0.25, 0.3) is 0 Å². The van der Waals surface area contributed by atoms with Crippen molar-refractivity contribution in [3.63, 3.8) is 0 Å². The van der Waals surface area contributed by atoms with E-state index in [1.807, 2.05) is 0 Å². The maximum atomic E-state index is 4.74. The molecule has 0 amide bonds. The molecule has 3 rings (SSSR count). The minimum Gasteiger partial charge on any atom is -0.316 e. The Morgan fingerprint density at radius 2 is 2.05 bits per heavy atom. The molecule has 2 atom stereocenters. The minimum absolute atomic E-state index is 0.501. The second-order valence-corrected chi connectivity index (χ2v) is 7.31. The molecule has 1 N–H and O–H groups in total. The molecule has 1 heterocycles. The van der Waals surface area contributed by atoms with Gasteiger partial charge in [-0.1, -0.05) is 13.8 Å². The lowest BCUT2D eigenvalue weighted by molar-refractivity contribution is 0.243. The molecular formula is C18H31N3. The Balaban J connectivity index is 1.73. The van der Waals surface area contributed by atoms with Gasteiger partial charge >= 0.3 is 0 Å². The first-order valence-corrected chi connectivity index (χ1v) is 8.96. The van der Waals surface area contributed by atoms with Crippen LogP contribution in [0.3, 0.4) is 0 Å². The fraction of sp³-hybridized carbons (Fsp3) is 0.833. The third-order valence-corrected chi connectivity index (χ3v) is 5.52. The Bertz CT molecular complexity index is 467. The molecule has 2 unspecified atom stereocenters. The zero-order valence-electron chi connectivity index (χ0n) is 14.0. The highest BCUT2D eigenvalue weighted by atomic mass is 15.3. The smallest absolute Gasteiger partial charge is 0.0624 e. The SMILES string of the molecule is CCCNCC1(Cc2cc(CC)nn2CC)CC2CC2C1. The number of nitrogens with zero attached hydrogens (tertiary/aromatic N) is 2. The van der Waals surface area contributed by atoms with Gasteiger partial charge in [0.2, 0.25) is 0 Å². The molecule has 0 radical (unpaired) electrons. The van der Waals surface area contributed by atoms with Crippen LogP contribution in [-0.2, 0) is 19.4 Å². The predicted octanol–water partition coefficient (Wildman–Crippen LogP) is 3.42. The minimum atomic E-state index is 0.501. The average Bonchev–Trinajstić information content (AvgIpc) is 2.94. The Morgan fingerprint density at radius 3 is 2.67 bits per heavy atom. The van der Waals surface area contributed by atoms with Gasteiger partial charge in [-0.3, -0.25) is 4.68 Å². The van der Waals surface area contributed by atoms with Crippen LogP contribution in [0.4, 0.5) is 0 Å². The van der Waals surface area contributed by atoms with E-state index in [0.717, 1.165) is 31.3 Å². The van der Waals surface area contributed by atoms with Gasteiger partial charge in [-0.2, -0.15) is 5.10 Å². The summed E-state index contributed by atoms with van der Waals surface area (Å²) in [6, 6.07) is 2.36. The van der Waals surface area contributed by atoms with E-state index in [2.05, 4.69) is 36.8 Å². The van der Waals surface area contributed by atoms with Crippen molar-refractivity contribution < 1.29 is 0 Å². The Labute approximate surface area is 129 Å². The summed E-state index contributed by atoms with van der Waals surface area (Å²) in [4.78, 5) is 0. The fourth-order valence-corrected chi connectivity index (χ4v) is 4.38. The van der Waals surface area contributed by atoms with Gasteiger partial charge in [-0.25, -0.2) is 0 Å². The quantitative estimate of drug-likeness (QED) is 0.743. The zero-order valence-corrected chi connectivity index (χ0v) is 14.0. The van der Waals surface area contributed by atoms with Crippen molar-refractivity contribution in [2.24, 2.45) is 17.3 Å². The van der Waals surface area contributed by atoms with Crippen molar-refractivity contribution in [3.8, 4) is 0 Å². The Morgan fingerprint density at radius 1 is 1.29 bits per heavy atom. The number of hydrogen-bond acceptors (Lipinski definition) is 2. The summed E-state index contributed by atoms with van der Waals surface area (Å²) in [5.41, 5.74) is 3.22. The molecule has 3 heteroatoms. The van der Waals surface area contributed by atoms with Gasteiger partial charge in [0.15, 0.2) is 0 Å². The second-order valence-electron chi connectivity index (χ2n) is 7.31. The van der Waals surface area contributed by atoms with Crippen LogP contribution in [-0.4, -0.2) is 22.9 Å². The van der Waals surface area contributed by atoms with Crippen molar-refractivity contribution in [1.29, 1.82) is 0 Å². The summed E-state index contributed by atoms with van der Waals surface area (Å²) in [6.45, 7) is 10.0. The number of fused-ring (bicyclic) bond motifs is 1. The first-order chi connectivity index (χ1) is 10.2. The molecule has 1 aromatic rings. The van der Waals surface area contributed by atoms with Gasteiger partial charge in [-0.05, 0) is 75.3 Å². The molecule has 3 nitrogen and oxygen atoms in total. The topological polar surface area (TPSA) is 29.9 Å². The molecular weight excluding hydrogens is 258 g/mol. The largest absolute Gasteiger partial charge is 0.316 e. The van der Waals surface area contributed by atoms with Crippen LogP contribution in [0.15, 0.2) is 6.07 Å². The molecule has 2 aliphatic carbocycles. The summed E-state index contributed by atoms with van der Waals surface area (Å²) in [6.07, 6.45) is 7.87. The summed E-state index contributed by atoms with van der Waals surface area (Å²) in [5, 5.41) is 8.45. The summed E-state index contributed by atoms with van der Waals surface area (Å²) in [7, 11) is 0. The molecule has 2 saturated carbocycles. The summed E-state index contributed by atoms with van der Waals surface area (Å²) in [5.74, 6) is 2.08. The molecule has 0 saturated heterocycles. The molecule has 0 aromatic carbocycles. The Kier molecular flexibility index (Phi) is 4.39. The lowest BCUT2D eigenvalue weighted by atomic mass is 9.78. The lowest BCUT2D eigenvalue weighted by Gasteiger charge is -2.31. The lowest BCUT2D eigenvalue weighted by Crippen LogP contribution is -2.36. The predicted molar refractivity (Wildman–Crippen MR) is 87.4 cm³/mol. The summed E-state index contributed by atoms with van der Waals surface area (Å²) < 4.78 is 2.24. The average molecular weight is 289 g/mol. The van der Waals surface area contributed by atoms with E-state index in [0.29, 0.717) is 5.41 Å². The van der Waals surface area contributed by atoms with Crippen molar-refractivity contribution in [1.82, 2.24) is 15.1 Å². The first kappa shape index (κ1) is 15.1. The molecule has 0 spiro atoms. The van der Waals surface area contributed by atoms with E-state index >= 15 is 0 Å². The maximum Gasteiger partial charge on any atom is 0.0624 e. The van der Waals surface area contributed by atoms with Crippen molar-refractivity contribution >= 4 is 0 Å². The van der Waals surface area contributed by atoms with Crippen molar-refractivity contribution in [2.75, 3.05) is 13.1 Å². The number of hydrogen-bond donors (Lipinski definition) is 1. The number of nitrogens with one attached hydrogen (secondary N) is 1. The summed E-state index contributed by atoms with van der Waals surface area (Å²) >= 11 is 0. The standard InChI is InChI=1S/C18H31N3/c1-4-7-19-13-18(10-14-8-15(14)11-18)12-17-9-16(5-2)20-21(17)6-3/h9,14-15,19H,4-8,10-13H2,1-3H3. The third kappa shape index (κ3) is 3.18. The van der Waals surface area contributed by atoms with E-state index in [9.17, 15) is 0 Å². The van der Waals surface area contributed by atoms with E-state index < -0.39 is 0 Å². The number of aromatic nitrogens is 2. The monoisotopic (exact) mass is 289 g/mol. The highest BCUT2D eigenvalue weighted by Crippen LogP contribution is 2.60. The third-order valence-electron chi connectivity index (χ3n) is 5.52. The van der Waals surface area contributed by atoms with Crippen LogP contribution in [0, 0.1) is 17.3 Å². The molecule has 0 aliphatic heterocycles. The van der Waals surface area contributed by atoms with Gasteiger partial charge in [0.05, 0.1) is 5.69 Å². The second kappa shape index (κ2) is 6.12. The van der Waals surface area contributed by atoms with Gasteiger partial charge < -0.3 is 5.32 Å². The first-order valence-electron chi connectivity index (χ1n) is 8.96. The van der Waals surface area contributed by atoms with Crippen LogP contribution in [0.2, 0.25) is 0 Å². The number of rotatable bonds is 8. The molecule has 0 bridgehead atoms. The molecule has 1 aromatic heterocycles. The van der Waals surface area contributed by atoms with Gasteiger partial charge in [-0.15, -0.1) is 0 Å². The van der Waals surface area contributed by atoms with Crippen LogP contribution in [0.5, 0.6) is 0 Å².